The Labute approximate surface area is 78.5 Å². The molecule has 1 aliphatic heterocycles. The van der Waals surface area contributed by atoms with Crippen LogP contribution in [0, 0.1) is 0 Å². The highest BCUT2D eigenvalue weighted by Crippen LogP contribution is 2.24. The molecular weight excluding hydrogens is 166 g/mol. The summed E-state index contributed by atoms with van der Waals surface area (Å²) in [6.45, 7) is 5.35. The van der Waals surface area contributed by atoms with Gasteiger partial charge in [-0.25, -0.2) is 0 Å². The van der Waals surface area contributed by atoms with Crippen LogP contribution in [0.3, 0.4) is 0 Å². The molecule has 1 rings (SSSR count). The Morgan fingerprint density at radius 1 is 1.77 bits per heavy atom. The summed E-state index contributed by atoms with van der Waals surface area (Å²) in [6.07, 6.45) is 5.23. The molecule has 0 aromatic carbocycles. The molecule has 1 aliphatic rings. The minimum atomic E-state index is -0.495. The molecule has 0 amide bonds. The van der Waals surface area contributed by atoms with Crippen molar-refractivity contribution in [2.45, 2.75) is 39.2 Å². The first-order valence-electron chi connectivity index (χ1n) is 4.49. The highest BCUT2D eigenvalue weighted by molar-refractivity contribution is 5.77. The van der Waals surface area contributed by atoms with E-state index in [1.165, 1.54) is 6.92 Å². The second-order valence-corrected chi connectivity index (χ2v) is 3.32. The summed E-state index contributed by atoms with van der Waals surface area (Å²) in [5.74, 6) is -0.249. The van der Waals surface area contributed by atoms with Crippen molar-refractivity contribution < 1.29 is 9.53 Å². The van der Waals surface area contributed by atoms with Crippen LogP contribution in [0.4, 0.5) is 0 Å². The Hall–Kier alpha value is -1.12. The average Bonchev–Trinajstić information content (AvgIpc) is 2.09. The van der Waals surface area contributed by atoms with Crippen LogP contribution in [-0.2, 0) is 9.53 Å². The fraction of sp³-hybridized carbons (Fsp3) is 0.600. The van der Waals surface area contributed by atoms with Gasteiger partial charge in [-0.05, 0) is 13.3 Å². The van der Waals surface area contributed by atoms with Crippen molar-refractivity contribution in [1.82, 2.24) is 0 Å². The lowest BCUT2D eigenvalue weighted by Crippen LogP contribution is -2.36. The van der Waals surface area contributed by atoms with Gasteiger partial charge in [0, 0.05) is 25.3 Å². The molecule has 0 bridgehead atoms. The van der Waals surface area contributed by atoms with Crippen LogP contribution in [0.1, 0.15) is 33.6 Å². The van der Waals surface area contributed by atoms with Gasteiger partial charge >= 0.3 is 5.97 Å². The van der Waals surface area contributed by atoms with Gasteiger partial charge in [0.15, 0.2) is 5.60 Å². The molecule has 1 atom stereocenters. The van der Waals surface area contributed by atoms with Crippen LogP contribution in [0.25, 0.3) is 0 Å². The summed E-state index contributed by atoms with van der Waals surface area (Å²) in [5.41, 5.74) is 0.488. The molecule has 13 heavy (non-hydrogen) atoms. The van der Waals surface area contributed by atoms with Crippen LogP contribution in [0.15, 0.2) is 16.8 Å². The van der Waals surface area contributed by atoms with Crippen molar-refractivity contribution in [3.05, 3.63) is 11.8 Å². The van der Waals surface area contributed by atoms with Crippen LogP contribution < -0.4 is 0 Å². The quantitative estimate of drug-likeness (QED) is 0.612. The van der Waals surface area contributed by atoms with E-state index in [9.17, 15) is 4.79 Å². The summed E-state index contributed by atoms with van der Waals surface area (Å²) in [6, 6.07) is 0. The maximum Gasteiger partial charge on any atom is 0.303 e. The predicted molar refractivity (Wildman–Crippen MR) is 51.7 cm³/mol. The largest absolute Gasteiger partial charge is 0.453 e. The summed E-state index contributed by atoms with van der Waals surface area (Å²) < 4.78 is 5.24. The first-order valence-corrected chi connectivity index (χ1v) is 4.49. The first-order chi connectivity index (χ1) is 6.08. The second kappa shape index (κ2) is 3.73. The molecule has 0 aromatic heterocycles. The Kier molecular flexibility index (Phi) is 2.86. The fourth-order valence-electron chi connectivity index (χ4n) is 1.31. The van der Waals surface area contributed by atoms with Crippen LogP contribution >= 0.6 is 0 Å². The topological polar surface area (TPSA) is 38.7 Å². The van der Waals surface area contributed by atoms with Gasteiger partial charge in [-0.3, -0.25) is 9.79 Å². The number of carbonyl (C=O) groups excluding carboxylic acids is 1. The van der Waals surface area contributed by atoms with Gasteiger partial charge in [0.2, 0.25) is 0 Å². The number of ether oxygens (including phenoxy) is 1. The number of allylic oxidation sites excluding steroid dienone is 1. The van der Waals surface area contributed by atoms with E-state index in [-0.39, 0.29) is 5.97 Å². The standard InChI is InChI=1S/C10H15NO2/c1-4-10(13-9(3)12)6-5-8(2)11-7-10/h5,7H,4,6H2,1-3H3. The molecular formula is C10H15NO2. The van der Waals surface area contributed by atoms with Crippen molar-refractivity contribution in [2.75, 3.05) is 0 Å². The number of aliphatic imine (C=N–C) groups is 1. The molecule has 0 spiro atoms. The minimum absolute atomic E-state index is 0.249. The van der Waals surface area contributed by atoms with E-state index in [0.717, 1.165) is 18.5 Å². The molecule has 0 fully saturated rings. The first kappa shape index (κ1) is 9.96. The fourth-order valence-corrected chi connectivity index (χ4v) is 1.31. The highest BCUT2D eigenvalue weighted by Gasteiger charge is 2.30. The van der Waals surface area contributed by atoms with E-state index < -0.39 is 5.60 Å². The van der Waals surface area contributed by atoms with Gasteiger partial charge in [-0.2, -0.15) is 0 Å². The molecule has 0 N–H and O–H groups in total. The molecule has 0 aliphatic carbocycles. The highest BCUT2D eigenvalue weighted by atomic mass is 16.6. The SMILES string of the molecule is CCC1(OC(C)=O)C=NC(C)=CC1. The van der Waals surface area contributed by atoms with E-state index >= 15 is 0 Å². The monoisotopic (exact) mass is 181 g/mol. The van der Waals surface area contributed by atoms with Crippen molar-refractivity contribution >= 4 is 12.2 Å². The Balaban J connectivity index is 2.74. The number of esters is 1. The van der Waals surface area contributed by atoms with Gasteiger partial charge in [0.05, 0.1) is 0 Å². The lowest BCUT2D eigenvalue weighted by molar-refractivity contribution is -0.150. The van der Waals surface area contributed by atoms with Gasteiger partial charge in [-0.1, -0.05) is 13.0 Å². The second-order valence-electron chi connectivity index (χ2n) is 3.32. The number of nitrogens with zero attached hydrogens (tertiary/aromatic N) is 1. The third kappa shape index (κ3) is 2.41. The van der Waals surface area contributed by atoms with Crippen LogP contribution in [0.2, 0.25) is 0 Å². The number of hydrogen-bond donors (Lipinski definition) is 0. The zero-order valence-corrected chi connectivity index (χ0v) is 8.33. The Morgan fingerprint density at radius 2 is 2.46 bits per heavy atom. The maximum absolute atomic E-state index is 10.9. The maximum atomic E-state index is 10.9. The lowest BCUT2D eigenvalue weighted by Gasteiger charge is -2.29. The Morgan fingerprint density at radius 3 is 2.85 bits per heavy atom. The molecule has 0 aromatic rings. The van der Waals surface area contributed by atoms with Gasteiger partial charge < -0.3 is 4.74 Å². The Bertz CT molecular complexity index is 268. The van der Waals surface area contributed by atoms with Crippen LogP contribution in [0.5, 0.6) is 0 Å². The zero-order chi connectivity index (χ0) is 9.90. The molecule has 1 heterocycles. The number of hydrogen-bond acceptors (Lipinski definition) is 3. The third-order valence-electron chi connectivity index (χ3n) is 2.19. The number of carbonyl (C=O) groups is 1. The summed E-state index contributed by atoms with van der Waals surface area (Å²) in [4.78, 5) is 15.0. The van der Waals surface area contributed by atoms with Crippen LogP contribution in [-0.4, -0.2) is 17.8 Å². The van der Waals surface area contributed by atoms with E-state index in [2.05, 4.69) is 4.99 Å². The molecule has 1 unspecified atom stereocenters. The predicted octanol–water partition coefficient (Wildman–Crippen LogP) is 2.08. The smallest absolute Gasteiger partial charge is 0.303 e. The molecule has 3 nitrogen and oxygen atoms in total. The minimum Gasteiger partial charge on any atom is -0.453 e. The molecule has 0 saturated carbocycles. The molecule has 0 radical (unpaired) electrons. The van der Waals surface area contributed by atoms with Gasteiger partial charge in [-0.15, -0.1) is 0 Å². The van der Waals surface area contributed by atoms with E-state index in [1.807, 2.05) is 19.9 Å². The average molecular weight is 181 g/mol. The van der Waals surface area contributed by atoms with E-state index in [4.69, 9.17) is 4.74 Å². The summed E-state index contributed by atoms with van der Waals surface area (Å²) in [7, 11) is 0. The molecule has 72 valence electrons. The lowest BCUT2D eigenvalue weighted by atomic mass is 9.95. The number of rotatable bonds is 2. The third-order valence-corrected chi connectivity index (χ3v) is 2.19. The summed E-state index contributed by atoms with van der Waals surface area (Å²) in [5, 5.41) is 0. The van der Waals surface area contributed by atoms with Crippen molar-refractivity contribution in [3.8, 4) is 0 Å². The van der Waals surface area contributed by atoms with Crippen molar-refractivity contribution in [3.63, 3.8) is 0 Å². The van der Waals surface area contributed by atoms with E-state index in [1.54, 1.807) is 6.21 Å². The van der Waals surface area contributed by atoms with E-state index in [0.29, 0.717) is 0 Å². The van der Waals surface area contributed by atoms with Gasteiger partial charge in [0.1, 0.15) is 0 Å². The zero-order valence-electron chi connectivity index (χ0n) is 8.33. The summed E-state index contributed by atoms with van der Waals surface area (Å²) >= 11 is 0. The molecule has 3 heteroatoms. The van der Waals surface area contributed by atoms with Crippen molar-refractivity contribution in [2.24, 2.45) is 4.99 Å². The van der Waals surface area contributed by atoms with Crippen molar-refractivity contribution in [1.29, 1.82) is 0 Å². The van der Waals surface area contributed by atoms with Gasteiger partial charge in [0.25, 0.3) is 0 Å². The molecule has 0 saturated heterocycles. The normalized spacial score (nSPS) is 26.8.